The predicted molar refractivity (Wildman–Crippen MR) is 84.0 cm³/mol. The third kappa shape index (κ3) is 5.07. The molecule has 1 aliphatic carbocycles. The van der Waals surface area contributed by atoms with Gasteiger partial charge in [0.15, 0.2) is 0 Å². The number of hydrogen-bond donors (Lipinski definition) is 1. The fraction of sp³-hybridized carbons (Fsp3) is 0.611. The molecule has 0 unspecified atom stereocenters. The molecule has 0 spiro atoms. The Kier molecular flexibility index (Phi) is 5.66. The molecular weight excluding hydrogens is 264 g/mol. The summed E-state index contributed by atoms with van der Waals surface area (Å²) in [7, 11) is 0. The van der Waals surface area contributed by atoms with E-state index in [1.165, 1.54) is 32.1 Å². The van der Waals surface area contributed by atoms with Crippen molar-refractivity contribution in [3.05, 3.63) is 29.3 Å². The predicted octanol–water partition coefficient (Wildman–Crippen LogP) is 4.54. The number of carboxylic acid groups (broad SMARTS) is 1. The first-order valence-electron chi connectivity index (χ1n) is 8.04. The van der Waals surface area contributed by atoms with Gasteiger partial charge in [0.1, 0.15) is 5.75 Å². The van der Waals surface area contributed by atoms with Crippen molar-refractivity contribution < 1.29 is 14.6 Å². The molecule has 21 heavy (non-hydrogen) atoms. The highest BCUT2D eigenvalue weighted by Gasteiger charge is 2.15. The maximum absolute atomic E-state index is 11.2. The fourth-order valence-corrected chi connectivity index (χ4v) is 3.02. The van der Waals surface area contributed by atoms with Crippen LogP contribution in [0.2, 0.25) is 0 Å². The molecular formula is C18H26O3. The van der Waals surface area contributed by atoms with Crippen molar-refractivity contribution in [1.82, 2.24) is 0 Å². The Bertz CT molecular complexity index is 473. The van der Waals surface area contributed by atoms with Gasteiger partial charge in [0.05, 0.1) is 12.2 Å². The first kappa shape index (κ1) is 15.9. The van der Waals surface area contributed by atoms with Gasteiger partial charge in [-0.15, -0.1) is 0 Å². The minimum absolute atomic E-state index is 0.326. The number of hydrogen-bond acceptors (Lipinski definition) is 2. The molecule has 0 radical (unpaired) electrons. The van der Waals surface area contributed by atoms with Crippen LogP contribution in [0.1, 0.15) is 61.9 Å². The van der Waals surface area contributed by atoms with Crippen molar-refractivity contribution in [3.63, 3.8) is 0 Å². The monoisotopic (exact) mass is 290 g/mol. The van der Waals surface area contributed by atoms with Crippen LogP contribution >= 0.6 is 0 Å². The van der Waals surface area contributed by atoms with E-state index < -0.39 is 5.97 Å². The third-order valence-electron chi connectivity index (χ3n) is 4.07. The number of aromatic carboxylic acids is 1. The molecule has 0 atom stereocenters. The quantitative estimate of drug-likeness (QED) is 0.836. The van der Waals surface area contributed by atoms with Crippen LogP contribution < -0.4 is 4.74 Å². The molecule has 1 fully saturated rings. The molecule has 0 amide bonds. The van der Waals surface area contributed by atoms with E-state index in [0.29, 0.717) is 29.8 Å². The minimum atomic E-state index is -0.886. The Morgan fingerprint density at radius 1 is 1.24 bits per heavy atom. The van der Waals surface area contributed by atoms with Gasteiger partial charge in [-0.05, 0) is 54.9 Å². The first-order chi connectivity index (χ1) is 10.0. The van der Waals surface area contributed by atoms with Crippen LogP contribution in [-0.2, 0) is 6.42 Å². The third-order valence-corrected chi connectivity index (χ3v) is 4.07. The highest BCUT2D eigenvalue weighted by molar-refractivity contribution is 5.88. The molecule has 2 rings (SSSR count). The Balaban J connectivity index is 2.05. The summed E-state index contributed by atoms with van der Waals surface area (Å²) in [6.07, 6.45) is 7.27. The summed E-state index contributed by atoms with van der Waals surface area (Å²) in [6, 6.07) is 5.40. The molecule has 1 N–H and O–H groups in total. The second-order valence-corrected chi connectivity index (χ2v) is 6.58. The summed E-state index contributed by atoms with van der Waals surface area (Å²) >= 11 is 0. The van der Waals surface area contributed by atoms with Gasteiger partial charge in [-0.25, -0.2) is 4.79 Å². The van der Waals surface area contributed by atoms with Gasteiger partial charge in [0.2, 0.25) is 0 Å². The highest BCUT2D eigenvalue weighted by Crippen LogP contribution is 2.26. The normalized spacial score (nSPS) is 16.1. The molecule has 1 saturated carbocycles. The summed E-state index contributed by atoms with van der Waals surface area (Å²) in [6.45, 7) is 4.98. The minimum Gasteiger partial charge on any atom is -0.493 e. The van der Waals surface area contributed by atoms with E-state index in [4.69, 9.17) is 4.74 Å². The lowest BCUT2D eigenvalue weighted by Gasteiger charge is -2.22. The van der Waals surface area contributed by atoms with Crippen molar-refractivity contribution in [3.8, 4) is 5.75 Å². The summed E-state index contributed by atoms with van der Waals surface area (Å²) in [5.74, 6) is 0.945. The molecule has 1 aliphatic rings. The molecule has 116 valence electrons. The van der Waals surface area contributed by atoms with E-state index in [1.807, 2.05) is 6.07 Å². The van der Waals surface area contributed by atoms with Gasteiger partial charge < -0.3 is 9.84 Å². The van der Waals surface area contributed by atoms with Gasteiger partial charge >= 0.3 is 5.97 Å². The lowest BCUT2D eigenvalue weighted by molar-refractivity contribution is 0.0696. The lowest BCUT2D eigenvalue weighted by atomic mass is 9.90. The molecule has 3 nitrogen and oxygen atoms in total. The van der Waals surface area contributed by atoms with Crippen LogP contribution in [-0.4, -0.2) is 17.7 Å². The van der Waals surface area contributed by atoms with Crippen molar-refractivity contribution in [1.29, 1.82) is 0 Å². The van der Waals surface area contributed by atoms with Gasteiger partial charge in [-0.2, -0.15) is 0 Å². The zero-order valence-corrected chi connectivity index (χ0v) is 13.1. The smallest absolute Gasteiger partial charge is 0.335 e. The fourth-order valence-electron chi connectivity index (χ4n) is 3.02. The first-order valence-corrected chi connectivity index (χ1v) is 8.04. The average molecular weight is 290 g/mol. The zero-order valence-electron chi connectivity index (χ0n) is 13.1. The Morgan fingerprint density at radius 3 is 2.57 bits per heavy atom. The lowest BCUT2D eigenvalue weighted by Crippen LogP contribution is -2.15. The summed E-state index contributed by atoms with van der Waals surface area (Å²) in [4.78, 5) is 11.2. The summed E-state index contributed by atoms with van der Waals surface area (Å²) in [5.41, 5.74) is 1.37. The SMILES string of the molecule is CC(C)Cc1cc(OCC2CCCCC2)cc(C(=O)O)c1. The van der Waals surface area contributed by atoms with Crippen LogP contribution in [0.5, 0.6) is 5.75 Å². The van der Waals surface area contributed by atoms with Gasteiger partial charge in [-0.3, -0.25) is 0 Å². The van der Waals surface area contributed by atoms with E-state index in [2.05, 4.69) is 13.8 Å². The molecule has 0 aromatic heterocycles. The number of ether oxygens (including phenoxy) is 1. The topological polar surface area (TPSA) is 46.5 Å². The summed E-state index contributed by atoms with van der Waals surface area (Å²) < 4.78 is 5.90. The average Bonchev–Trinajstić information content (AvgIpc) is 2.45. The van der Waals surface area contributed by atoms with Crippen molar-refractivity contribution in [2.24, 2.45) is 11.8 Å². The number of rotatable bonds is 6. The molecule has 3 heteroatoms. The number of carboxylic acids is 1. The van der Waals surface area contributed by atoms with Crippen LogP contribution in [0.4, 0.5) is 0 Å². The van der Waals surface area contributed by atoms with E-state index >= 15 is 0 Å². The van der Waals surface area contributed by atoms with Gasteiger partial charge in [0, 0.05) is 0 Å². The molecule has 1 aromatic rings. The van der Waals surface area contributed by atoms with E-state index in [9.17, 15) is 9.90 Å². The molecule has 0 saturated heterocycles. The largest absolute Gasteiger partial charge is 0.493 e. The number of benzene rings is 1. The number of carbonyl (C=O) groups is 1. The van der Waals surface area contributed by atoms with E-state index in [0.717, 1.165) is 12.0 Å². The van der Waals surface area contributed by atoms with Gasteiger partial charge in [0.25, 0.3) is 0 Å². The maximum atomic E-state index is 11.2. The van der Waals surface area contributed by atoms with E-state index in [-0.39, 0.29) is 0 Å². The second kappa shape index (κ2) is 7.48. The van der Waals surface area contributed by atoms with Crippen molar-refractivity contribution >= 4 is 5.97 Å². The molecule has 0 heterocycles. The Labute approximate surface area is 127 Å². The standard InChI is InChI=1S/C18H26O3/c1-13(2)8-15-9-16(18(19)20)11-17(10-15)21-12-14-6-4-3-5-7-14/h9-11,13-14H,3-8,12H2,1-2H3,(H,19,20). The van der Waals surface area contributed by atoms with Gasteiger partial charge in [-0.1, -0.05) is 33.1 Å². The van der Waals surface area contributed by atoms with Crippen LogP contribution in [0, 0.1) is 11.8 Å². The van der Waals surface area contributed by atoms with E-state index in [1.54, 1.807) is 12.1 Å². The molecule has 0 aliphatic heterocycles. The second-order valence-electron chi connectivity index (χ2n) is 6.58. The highest BCUT2D eigenvalue weighted by atomic mass is 16.5. The van der Waals surface area contributed by atoms with Crippen molar-refractivity contribution in [2.45, 2.75) is 52.4 Å². The zero-order chi connectivity index (χ0) is 15.2. The van der Waals surface area contributed by atoms with Crippen molar-refractivity contribution in [2.75, 3.05) is 6.61 Å². The summed E-state index contributed by atoms with van der Waals surface area (Å²) in [5, 5.41) is 9.23. The van der Waals surface area contributed by atoms with Crippen LogP contribution in [0.15, 0.2) is 18.2 Å². The Morgan fingerprint density at radius 2 is 1.95 bits per heavy atom. The van der Waals surface area contributed by atoms with Crippen LogP contribution in [0.25, 0.3) is 0 Å². The van der Waals surface area contributed by atoms with Crippen LogP contribution in [0.3, 0.4) is 0 Å². The molecule has 0 bridgehead atoms. The molecule has 1 aromatic carbocycles. The Hall–Kier alpha value is -1.51. The maximum Gasteiger partial charge on any atom is 0.335 e.